The van der Waals surface area contributed by atoms with Gasteiger partial charge in [0.2, 0.25) is 5.91 Å². The minimum Gasteiger partial charge on any atom is -0.377 e. The Morgan fingerprint density at radius 1 is 1.65 bits per heavy atom. The number of hydrogen-bond donors (Lipinski definition) is 2. The summed E-state index contributed by atoms with van der Waals surface area (Å²) in [5.41, 5.74) is 0.364. The first-order chi connectivity index (χ1) is 8.16. The molecule has 2 N–H and O–H groups in total. The first kappa shape index (κ1) is 11.3. The third-order valence-electron chi connectivity index (χ3n) is 2.62. The monoisotopic (exact) mass is 236 g/mol. The predicted octanol–water partition coefficient (Wildman–Crippen LogP) is 0.680. The predicted molar refractivity (Wildman–Crippen MR) is 60.5 cm³/mol. The van der Waals surface area contributed by atoms with Crippen LogP contribution in [0.3, 0.4) is 0 Å². The number of nitrogens with one attached hydrogen (secondary N) is 2. The summed E-state index contributed by atoms with van der Waals surface area (Å²) in [6.45, 7) is 0.483. The van der Waals surface area contributed by atoms with Crippen LogP contribution in [-0.2, 0) is 4.79 Å². The number of nitrogens with zero attached hydrogens (tertiary/aromatic N) is 2. The van der Waals surface area contributed by atoms with Gasteiger partial charge in [-0.1, -0.05) is 0 Å². The van der Waals surface area contributed by atoms with Crippen LogP contribution in [0.15, 0.2) is 18.5 Å². The summed E-state index contributed by atoms with van der Waals surface area (Å²) in [6.07, 6.45) is 3.97. The van der Waals surface area contributed by atoms with Gasteiger partial charge in [-0.25, -0.2) is 0 Å². The van der Waals surface area contributed by atoms with Crippen molar-refractivity contribution in [2.24, 2.45) is 0 Å². The molecule has 0 spiro atoms. The fourth-order valence-electron chi connectivity index (χ4n) is 1.74. The lowest BCUT2D eigenvalue weighted by Gasteiger charge is -2.12. The van der Waals surface area contributed by atoms with Crippen molar-refractivity contribution in [3.63, 3.8) is 0 Å². The van der Waals surface area contributed by atoms with Crippen molar-refractivity contribution in [1.82, 2.24) is 10.3 Å². The maximum atomic E-state index is 11.0. The summed E-state index contributed by atoms with van der Waals surface area (Å²) in [6, 6.07) is 1.59. The van der Waals surface area contributed by atoms with Crippen LogP contribution in [0.25, 0.3) is 0 Å². The van der Waals surface area contributed by atoms with E-state index in [9.17, 15) is 14.9 Å². The zero-order chi connectivity index (χ0) is 12.3. The van der Waals surface area contributed by atoms with Crippen LogP contribution in [0, 0.1) is 10.1 Å². The van der Waals surface area contributed by atoms with E-state index >= 15 is 0 Å². The van der Waals surface area contributed by atoms with Gasteiger partial charge in [0, 0.05) is 25.2 Å². The van der Waals surface area contributed by atoms with Crippen molar-refractivity contribution >= 4 is 17.3 Å². The van der Waals surface area contributed by atoms with E-state index in [0.717, 1.165) is 6.42 Å². The van der Waals surface area contributed by atoms with Gasteiger partial charge in [0.15, 0.2) is 0 Å². The minimum atomic E-state index is -0.484. The second-order valence-electron chi connectivity index (χ2n) is 3.83. The number of rotatable bonds is 4. The maximum Gasteiger partial charge on any atom is 0.310 e. The van der Waals surface area contributed by atoms with Crippen molar-refractivity contribution in [2.45, 2.75) is 18.9 Å². The molecule has 1 aromatic rings. The summed E-state index contributed by atoms with van der Waals surface area (Å²) in [5.74, 6) is 0.0287. The Morgan fingerprint density at radius 3 is 3.12 bits per heavy atom. The van der Waals surface area contributed by atoms with E-state index in [2.05, 4.69) is 15.6 Å². The molecular formula is C10H12N4O3. The molecule has 90 valence electrons. The smallest absolute Gasteiger partial charge is 0.310 e. The Hall–Kier alpha value is -2.18. The second-order valence-corrected chi connectivity index (χ2v) is 3.83. The van der Waals surface area contributed by atoms with E-state index in [1.165, 1.54) is 12.4 Å². The lowest BCUT2D eigenvalue weighted by molar-refractivity contribution is -0.384. The molecule has 1 aliphatic heterocycles. The van der Waals surface area contributed by atoms with Crippen molar-refractivity contribution in [3.05, 3.63) is 28.6 Å². The number of carbonyl (C=O) groups is 1. The van der Waals surface area contributed by atoms with Crippen LogP contribution in [0.4, 0.5) is 11.4 Å². The zero-order valence-corrected chi connectivity index (χ0v) is 9.05. The van der Waals surface area contributed by atoms with Gasteiger partial charge in [-0.15, -0.1) is 0 Å². The average Bonchev–Trinajstić information content (AvgIpc) is 2.73. The van der Waals surface area contributed by atoms with E-state index in [4.69, 9.17) is 0 Å². The molecule has 1 aliphatic rings. The maximum absolute atomic E-state index is 11.0. The first-order valence-electron chi connectivity index (χ1n) is 5.28. The lowest BCUT2D eigenvalue weighted by Crippen LogP contribution is -2.31. The Balaban J connectivity index is 1.99. The largest absolute Gasteiger partial charge is 0.377 e. The third-order valence-corrected chi connectivity index (χ3v) is 2.62. The third kappa shape index (κ3) is 2.68. The van der Waals surface area contributed by atoms with Crippen molar-refractivity contribution in [1.29, 1.82) is 0 Å². The van der Waals surface area contributed by atoms with Crippen LogP contribution in [0.2, 0.25) is 0 Å². The molecule has 0 aromatic carbocycles. The summed E-state index contributed by atoms with van der Waals surface area (Å²) < 4.78 is 0. The van der Waals surface area contributed by atoms with Crippen LogP contribution >= 0.6 is 0 Å². The number of carbonyl (C=O) groups excluding carboxylic acids is 1. The van der Waals surface area contributed by atoms with E-state index in [1.54, 1.807) is 6.07 Å². The molecule has 1 fully saturated rings. The van der Waals surface area contributed by atoms with Crippen LogP contribution in [0.5, 0.6) is 0 Å². The van der Waals surface area contributed by atoms with Crippen molar-refractivity contribution in [2.75, 3.05) is 11.9 Å². The van der Waals surface area contributed by atoms with Crippen LogP contribution in [-0.4, -0.2) is 28.4 Å². The fraction of sp³-hybridized carbons (Fsp3) is 0.400. The topological polar surface area (TPSA) is 97.2 Å². The van der Waals surface area contributed by atoms with Gasteiger partial charge in [0.25, 0.3) is 0 Å². The highest BCUT2D eigenvalue weighted by molar-refractivity contribution is 5.78. The number of nitro groups is 1. The van der Waals surface area contributed by atoms with Gasteiger partial charge in [-0.3, -0.25) is 19.9 Å². The highest BCUT2D eigenvalue weighted by atomic mass is 16.6. The summed E-state index contributed by atoms with van der Waals surface area (Å²) in [4.78, 5) is 24.9. The van der Waals surface area contributed by atoms with E-state index in [0.29, 0.717) is 18.7 Å². The summed E-state index contributed by atoms with van der Waals surface area (Å²) >= 11 is 0. The molecule has 0 saturated carbocycles. The molecule has 7 nitrogen and oxygen atoms in total. The average molecular weight is 236 g/mol. The molecule has 1 amide bonds. The highest BCUT2D eigenvalue weighted by Gasteiger charge is 2.21. The molecule has 1 saturated heterocycles. The van der Waals surface area contributed by atoms with E-state index in [-0.39, 0.29) is 17.6 Å². The highest BCUT2D eigenvalue weighted by Crippen LogP contribution is 2.22. The molecule has 1 atom stereocenters. The second kappa shape index (κ2) is 4.77. The zero-order valence-electron chi connectivity index (χ0n) is 9.05. The quantitative estimate of drug-likeness (QED) is 0.591. The molecule has 0 aliphatic carbocycles. The molecule has 0 radical (unpaired) electrons. The normalized spacial score (nSPS) is 18.8. The number of amides is 1. The summed E-state index contributed by atoms with van der Waals surface area (Å²) in [7, 11) is 0. The molecular weight excluding hydrogens is 224 g/mol. The number of hydrogen-bond acceptors (Lipinski definition) is 5. The first-order valence-corrected chi connectivity index (χ1v) is 5.28. The molecule has 1 unspecified atom stereocenters. The molecule has 2 heterocycles. The van der Waals surface area contributed by atoms with Gasteiger partial charge in [0.1, 0.15) is 11.9 Å². The summed E-state index contributed by atoms with van der Waals surface area (Å²) in [5, 5.41) is 16.5. The Kier molecular flexibility index (Phi) is 3.17. The Morgan fingerprint density at radius 2 is 2.47 bits per heavy atom. The van der Waals surface area contributed by atoms with Crippen molar-refractivity contribution < 1.29 is 9.72 Å². The van der Waals surface area contributed by atoms with E-state index in [1.807, 2.05) is 0 Å². The fourth-order valence-corrected chi connectivity index (χ4v) is 1.74. The standard InChI is InChI=1S/C10H12N4O3/c15-10-2-1-7(13-10)5-12-8-3-4-11-6-9(8)14(16)17/h3-4,6-7H,1-2,5H2,(H,11,12)(H,13,15). The van der Waals surface area contributed by atoms with Gasteiger partial charge in [-0.2, -0.15) is 0 Å². The van der Waals surface area contributed by atoms with Gasteiger partial charge < -0.3 is 10.6 Å². The minimum absolute atomic E-state index is 0.0287. The SMILES string of the molecule is O=C1CCC(CNc2ccncc2[N+](=O)[O-])N1. The number of pyridine rings is 1. The van der Waals surface area contributed by atoms with Gasteiger partial charge >= 0.3 is 5.69 Å². The molecule has 1 aromatic heterocycles. The van der Waals surface area contributed by atoms with E-state index < -0.39 is 4.92 Å². The van der Waals surface area contributed by atoms with Gasteiger partial charge in [-0.05, 0) is 12.5 Å². The lowest BCUT2D eigenvalue weighted by atomic mass is 10.2. The van der Waals surface area contributed by atoms with Gasteiger partial charge in [0.05, 0.1) is 4.92 Å². The molecule has 2 rings (SSSR count). The Labute approximate surface area is 97.4 Å². The Bertz CT molecular complexity index is 449. The molecule has 7 heteroatoms. The molecule has 0 bridgehead atoms. The number of aromatic nitrogens is 1. The van der Waals surface area contributed by atoms with Crippen LogP contribution < -0.4 is 10.6 Å². The van der Waals surface area contributed by atoms with Crippen LogP contribution in [0.1, 0.15) is 12.8 Å². The molecule has 17 heavy (non-hydrogen) atoms. The van der Waals surface area contributed by atoms with Crippen molar-refractivity contribution in [3.8, 4) is 0 Å². The number of anilines is 1.